The van der Waals surface area contributed by atoms with E-state index in [9.17, 15) is 0 Å². The number of allylic oxidation sites excluding steroid dienone is 2. The summed E-state index contributed by atoms with van der Waals surface area (Å²) in [5.41, 5.74) is 6.96. The lowest BCUT2D eigenvalue weighted by atomic mass is 9.87. The molecule has 1 rings (SSSR count). The number of nitrogens with two attached hydrogens (primary N) is 1. The Hall–Kier alpha value is -0.560. The van der Waals surface area contributed by atoms with Crippen LogP contribution >= 0.6 is 0 Å². The van der Waals surface area contributed by atoms with Crippen molar-refractivity contribution < 1.29 is 0 Å². The first kappa shape index (κ1) is 5.57. The van der Waals surface area contributed by atoms with Gasteiger partial charge >= 0.3 is 0 Å². The zero-order chi connectivity index (χ0) is 5.98. The van der Waals surface area contributed by atoms with Crippen molar-refractivity contribution in [3.8, 4) is 0 Å². The van der Waals surface area contributed by atoms with Gasteiger partial charge < -0.3 is 5.73 Å². The molecular formula is C7H11N. The minimum atomic E-state index is 0.432. The topological polar surface area (TPSA) is 26.0 Å². The summed E-state index contributed by atoms with van der Waals surface area (Å²) in [6.07, 6.45) is 6.02. The molecule has 0 radical (unpaired) electrons. The fourth-order valence-electron chi connectivity index (χ4n) is 0.917. The van der Waals surface area contributed by atoms with Crippen LogP contribution in [0.2, 0.25) is 0 Å². The first-order valence-corrected chi connectivity index (χ1v) is 2.89. The van der Waals surface area contributed by atoms with Gasteiger partial charge in [-0.15, -0.1) is 0 Å². The summed E-state index contributed by atoms with van der Waals surface area (Å²) >= 11 is 0. The van der Waals surface area contributed by atoms with Crippen LogP contribution in [-0.4, -0.2) is 6.04 Å². The summed E-state index contributed by atoms with van der Waals surface area (Å²) in [6, 6.07) is 0.432. The van der Waals surface area contributed by atoms with Crippen LogP contribution in [0.3, 0.4) is 0 Å². The van der Waals surface area contributed by atoms with Crippen molar-refractivity contribution in [2.24, 2.45) is 5.73 Å². The second kappa shape index (κ2) is 2.14. The summed E-state index contributed by atoms with van der Waals surface area (Å²) in [6.45, 7) is 3.59. The molecule has 0 aromatic carbocycles. The summed E-state index contributed by atoms with van der Waals surface area (Å²) in [4.78, 5) is 0. The van der Waals surface area contributed by atoms with E-state index in [1.165, 1.54) is 5.57 Å². The van der Waals surface area contributed by atoms with Crippen LogP contribution in [0.4, 0.5) is 0 Å². The van der Waals surface area contributed by atoms with Gasteiger partial charge in [-0.25, -0.2) is 0 Å². The maximum atomic E-state index is 5.52. The minimum Gasteiger partial charge on any atom is -0.327 e. The lowest BCUT2D eigenvalue weighted by molar-refractivity contribution is 0.542. The SMILES string of the molecule is C=CC=C1CC(N)C1. The molecule has 1 aliphatic rings. The molecule has 0 aromatic heterocycles. The number of rotatable bonds is 1. The standard InChI is InChI=1S/C7H11N/c1-2-3-6-4-7(8)5-6/h2-3,7H,1,4-5,8H2. The number of hydrogen-bond donors (Lipinski definition) is 1. The molecule has 0 atom stereocenters. The number of hydrogen-bond acceptors (Lipinski definition) is 1. The molecule has 1 nitrogen and oxygen atoms in total. The highest BCUT2D eigenvalue weighted by molar-refractivity contribution is 5.19. The van der Waals surface area contributed by atoms with Gasteiger partial charge in [-0.05, 0) is 12.8 Å². The van der Waals surface area contributed by atoms with Gasteiger partial charge in [-0.1, -0.05) is 24.3 Å². The van der Waals surface area contributed by atoms with Crippen LogP contribution in [0.25, 0.3) is 0 Å². The van der Waals surface area contributed by atoms with Crippen molar-refractivity contribution in [2.45, 2.75) is 18.9 Å². The van der Waals surface area contributed by atoms with Gasteiger partial charge in [0.15, 0.2) is 0 Å². The van der Waals surface area contributed by atoms with E-state index < -0.39 is 0 Å². The smallest absolute Gasteiger partial charge is 0.0114 e. The van der Waals surface area contributed by atoms with Crippen LogP contribution in [0.5, 0.6) is 0 Å². The fraction of sp³-hybridized carbons (Fsp3) is 0.429. The lowest BCUT2D eigenvalue weighted by Crippen LogP contribution is -2.29. The molecule has 1 heteroatoms. The molecule has 0 aliphatic heterocycles. The van der Waals surface area contributed by atoms with Crippen molar-refractivity contribution in [1.29, 1.82) is 0 Å². The molecule has 0 bridgehead atoms. The second-order valence-electron chi connectivity index (χ2n) is 2.23. The second-order valence-corrected chi connectivity index (χ2v) is 2.23. The van der Waals surface area contributed by atoms with Gasteiger partial charge in [0.25, 0.3) is 0 Å². The zero-order valence-electron chi connectivity index (χ0n) is 4.93. The Labute approximate surface area is 49.9 Å². The van der Waals surface area contributed by atoms with Crippen LogP contribution in [0, 0.1) is 0 Å². The molecule has 0 heterocycles. The summed E-state index contributed by atoms with van der Waals surface area (Å²) in [7, 11) is 0. The van der Waals surface area contributed by atoms with Gasteiger partial charge in [0.2, 0.25) is 0 Å². The largest absolute Gasteiger partial charge is 0.327 e. The molecule has 2 N–H and O–H groups in total. The highest BCUT2D eigenvalue weighted by atomic mass is 14.7. The maximum Gasteiger partial charge on any atom is 0.0114 e. The molecule has 1 fully saturated rings. The van der Waals surface area contributed by atoms with E-state index >= 15 is 0 Å². The third kappa shape index (κ3) is 0.984. The van der Waals surface area contributed by atoms with Crippen molar-refractivity contribution in [2.75, 3.05) is 0 Å². The Morgan fingerprint density at radius 2 is 2.25 bits per heavy atom. The first-order chi connectivity index (χ1) is 3.83. The van der Waals surface area contributed by atoms with Crippen LogP contribution < -0.4 is 5.73 Å². The van der Waals surface area contributed by atoms with Crippen LogP contribution in [0.15, 0.2) is 24.3 Å². The van der Waals surface area contributed by atoms with Crippen molar-refractivity contribution in [3.05, 3.63) is 24.3 Å². The highest BCUT2D eigenvalue weighted by Gasteiger charge is 2.16. The summed E-state index contributed by atoms with van der Waals surface area (Å²) in [5.74, 6) is 0. The predicted molar refractivity (Wildman–Crippen MR) is 35.5 cm³/mol. The zero-order valence-corrected chi connectivity index (χ0v) is 4.93. The van der Waals surface area contributed by atoms with E-state index in [0.29, 0.717) is 6.04 Å². The van der Waals surface area contributed by atoms with Crippen molar-refractivity contribution in [3.63, 3.8) is 0 Å². The van der Waals surface area contributed by atoms with Gasteiger partial charge in [-0.3, -0.25) is 0 Å². The highest BCUT2D eigenvalue weighted by Crippen LogP contribution is 2.23. The van der Waals surface area contributed by atoms with Crippen LogP contribution in [-0.2, 0) is 0 Å². The monoisotopic (exact) mass is 109 g/mol. The molecule has 8 heavy (non-hydrogen) atoms. The van der Waals surface area contributed by atoms with E-state index in [0.717, 1.165) is 12.8 Å². The Kier molecular flexibility index (Phi) is 1.49. The normalized spacial score (nSPS) is 26.6. The molecule has 1 saturated carbocycles. The van der Waals surface area contributed by atoms with Crippen molar-refractivity contribution >= 4 is 0 Å². The molecule has 0 aromatic rings. The van der Waals surface area contributed by atoms with E-state index in [1.807, 2.05) is 12.2 Å². The van der Waals surface area contributed by atoms with E-state index in [-0.39, 0.29) is 0 Å². The average molecular weight is 109 g/mol. The maximum absolute atomic E-state index is 5.52. The fourth-order valence-corrected chi connectivity index (χ4v) is 0.917. The van der Waals surface area contributed by atoms with Gasteiger partial charge in [0, 0.05) is 6.04 Å². The summed E-state index contributed by atoms with van der Waals surface area (Å²) in [5, 5.41) is 0. The third-order valence-corrected chi connectivity index (χ3v) is 1.40. The molecule has 0 amide bonds. The molecule has 0 spiro atoms. The Bertz CT molecular complexity index is 116. The Morgan fingerprint density at radius 3 is 2.62 bits per heavy atom. The van der Waals surface area contributed by atoms with Gasteiger partial charge in [0.1, 0.15) is 0 Å². The van der Waals surface area contributed by atoms with Gasteiger partial charge in [0.05, 0.1) is 0 Å². The molecular weight excluding hydrogens is 98.1 g/mol. The molecule has 0 unspecified atom stereocenters. The van der Waals surface area contributed by atoms with E-state index in [2.05, 4.69) is 6.58 Å². The van der Waals surface area contributed by atoms with Crippen molar-refractivity contribution in [1.82, 2.24) is 0 Å². The molecule has 1 aliphatic carbocycles. The van der Waals surface area contributed by atoms with Gasteiger partial charge in [-0.2, -0.15) is 0 Å². The first-order valence-electron chi connectivity index (χ1n) is 2.89. The molecule has 0 saturated heterocycles. The molecule has 44 valence electrons. The lowest BCUT2D eigenvalue weighted by Gasteiger charge is -2.24. The Morgan fingerprint density at radius 1 is 1.62 bits per heavy atom. The third-order valence-electron chi connectivity index (χ3n) is 1.40. The predicted octanol–water partition coefficient (Wildman–Crippen LogP) is 1.22. The van der Waals surface area contributed by atoms with E-state index in [4.69, 9.17) is 5.73 Å². The average Bonchev–Trinajstić information content (AvgIpc) is 1.64. The van der Waals surface area contributed by atoms with E-state index in [1.54, 1.807) is 0 Å². The van der Waals surface area contributed by atoms with Crippen LogP contribution in [0.1, 0.15) is 12.8 Å². The quantitative estimate of drug-likeness (QED) is 0.538. The summed E-state index contributed by atoms with van der Waals surface area (Å²) < 4.78 is 0. The Balaban J connectivity index is 2.33. The minimum absolute atomic E-state index is 0.432.